The number of hydrogen-bond donors (Lipinski definition) is 1. The first-order chi connectivity index (χ1) is 29.1. The molecule has 0 radical (unpaired) electrons. The number of rotatable bonds is 46. The predicted molar refractivity (Wildman–Crippen MR) is 245 cm³/mol. The van der Waals surface area contributed by atoms with Gasteiger partial charge in [0.05, 0.1) is 45.2 Å². The zero-order valence-electron chi connectivity index (χ0n) is 38.1. The van der Waals surface area contributed by atoms with Gasteiger partial charge < -0.3 is 32.8 Å². The van der Waals surface area contributed by atoms with E-state index in [9.17, 15) is 9.36 Å². The van der Waals surface area contributed by atoms with Crippen LogP contribution in [0.4, 0.5) is 0 Å². The Balaban J connectivity index is 1.53. The van der Waals surface area contributed by atoms with Crippen molar-refractivity contribution >= 4 is 18.8 Å². The first-order valence-corrected chi connectivity index (χ1v) is 26.3. The summed E-state index contributed by atoms with van der Waals surface area (Å²) in [5, 5.41) is 0. The van der Waals surface area contributed by atoms with Gasteiger partial charge in [-0.2, -0.15) is 0 Å². The van der Waals surface area contributed by atoms with Crippen molar-refractivity contribution in [2.45, 2.75) is 213 Å². The van der Waals surface area contributed by atoms with Crippen molar-refractivity contribution < 1.29 is 27.8 Å². The fraction of sp³-hybridized carbons (Fsp3) is 0.894. The minimum Gasteiger partial charge on any atom is -0.381 e. The van der Waals surface area contributed by atoms with E-state index in [0.29, 0.717) is 63.6 Å². The third kappa shape index (κ3) is 30.1. The van der Waals surface area contributed by atoms with Crippen molar-refractivity contribution in [2.75, 3.05) is 59.0 Å². The van der Waals surface area contributed by atoms with Crippen molar-refractivity contribution in [2.24, 2.45) is 0 Å². The number of fused-ring (bicyclic) bond motifs is 1. The Kier molecular flexibility index (Phi) is 35.6. The molecule has 2 aromatic rings. The number of nitrogens with one attached hydrogen (secondary N) is 1. The fourth-order valence-corrected chi connectivity index (χ4v) is 8.89. The molecule has 0 amide bonds. The molecule has 0 atom stereocenters. The quantitative estimate of drug-likeness (QED) is 0.0511. The lowest BCUT2D eigenvalue weighted by atomic mass is 10.0. The summed E-state index contributed by atoms with van der Waals surface area (Å²) in [4.78, 5) is 22.9. The predicted octanol–water partition coefficient (Wildman–Crippen LogP) is 13.1. The van der Waals surface area contributed by atoms with Crippen LogP contribution in [0, 0.1) is 0 Å². The highest BCUT2D eigenvalue weighted by atomic mass is 31.2. The van der Waals surface area contributed by atoms with E-state index >= 15 is 0 Å². The van der Waals surface area contributed by atoms with E-state index in [0.717, 1.165) is 26.1 Å². The number of unbranched alkanes of at least 4 members (excludes halogenated alkanes) is 26. The summed E-state index contributed by atoms with van der Waals surface area (Å²) in [5.41, 5.74) is 0.532. The molecule has 2 heterocycles. The van der Waals surface area contributed by atoms with Gasteiger partial charge in [0.25, 0.3) is 5.56 Å². The summed E-state index contributed by atoms with van der Waals surface area (Å²) in [5.74, 6) is 0. The van der Waals surface area contributed by atoms with Crippen LogP contribution in [0.15, 0.2) is 17.4 Å². The first kappa shape index (κ1) is 53.5. The topological polar surface area (TPSA) is 127 Å². The van der Waals surface area contributed by atoms with Gasteiger partial charge in [0, 0.05) is 33.0 Å². The summed E-state index contributed by atoms with van der Waals surface area (Å²) >= 11 is 0. The third-order valence-corrected chi connectivity index (χ3v) is 13.0. The Morgan fingerprint density at radius 1 is 0.492 bits per heavy atom. The molecule has 0 saturated carbocycles. The Morgan fingerprint density at radius 3 is 1.32 bits per heavy atom. The van der Waals surface area contributed by atoms with Crippen LogP contribution in [-0.2, 0) is 34.4 Å². The molecule has 1 N–H and O–H groups in total. The van der Waals surface area contributed by atoms with Crippen molar-refractivity contribution in [3.05, 3.63) is 23.0 Å². The Morgan fingerprint density at radius 2 is 0.881 bits per heavy atom. The summed E-state index contributed by atoms with van der Waals surface area (Å²) in [6.07, 6.45) is 42.1. The van der Waals surface area contributed by atoms with Gasteiger partial charge in [0.1, 0.15) is 0 Å². The maximum Gasteiger partial charge on any atom is 0.332 e. The molecule has 344 valence electrons. The number of H-pyrrole nitrogens is 1. The average Bonchev–Trinajstić information content (AvgIpc) is 3.66. The molecule has 0 spiro atoms. The third-order valence-electron chi connectivity index (χ3n) is 11.1. The van der Waals surface area contributed by atoms with E-state index in [2.05, 4.69) is 28.8 Å². The van der Waals surface area contributed by atoms with Crippen LogP contribution >= 0.6 is 7.60 Å². The van der Waals surface area contributed by atoms with Crippen LogP contribution in [-0.4, -0.2) is 78.5 Å². The van der Waals surface area contributed by atoms with Crippen molar-refractivity contribution in [1.82, 2.24) is 19.5 Å². The molecule has 0 bridgehead atoms. The molecule has 11 nitrogen and oxygen atoms in total. The summed E-state index contributed by atoms with van der Waals surface area (Å²) in [6.45, 7) is 8.90. The minimum atomic E-state index is -3.36. The van der Waals surface area contributed by atoms with Gasteiger partial charge in [0.15, 0.2) is 11.2 Å². The molecule has 0 aliphatic rings. The Labute approximate surface area is 360 Å². The second kappa shape index (κ2) is 39.2. The van der Waals surface area contributed by atoms with Gasteiger partial charge >= 0.3 is 7.60 Å². The molecular formula is C47H89N4O7P. The van der Waals surface area contributed by atoms with Crippen LogP contribution in [0.25, 0.3) is 11.2 Å². The van der Waals surface area contributed by atoms with Crippen molar-refractivity contribution in [1.29, 1.82) is 0 Å². The Hall–Kier alpha value is -1.62. The molecule has 59 heavy (non-hydrogen) atoms. The standard InChI is InChI=1S/C47H89N4O7P/c1-3-5-7-9-11-13-15-17-19-21-23-25-27-29-34-54-36-31-38-57-59(53,42-41-56-40-33-51-44-50-45-46(51)48-43-49-47(45)52)58-39-32-37-55-35-30-28-26-24-22-20-18-16-14-12-10-8-6-4-2/h43-44H,3-42H2,1-2H3,(H,48,49,52). The van der Waals surface area contributed by atoms with E-state index in [-0.39, 0.29) is 18.3 Å². The van der Waals surface area contributed by atoms with Gasteiger partial charge in [0.2, 0.25) is 0 Å². The monoisotopic (exact) mass is 853 g/mol. The fourth-order valence-electron chi connectivity index (χ4n) is 7.39. The number of aromatic nitrogens is 4. The first-order valence-electron chi connectivity index (χ1n) is 24.6. The largest absolute Gasteiger partial charge is 0.381 e. The lowest BCUT2D eigenvalue weighted by molar-refractivity contribution is 0.0989. The van der Waals surface area contributed by atoms with Crippen LogP contribution in [0.1, 0.15) is 206 Å². The highest BCUT2D eigenvalue weighted by molar-refractivity contribution is 7.53. The normalized spacial score (nSPS) is 12.0. The maximum atomic E-state index is 13.7. The van der Waals surface area contributed by atoms with Gasteiger partial charge in [-0.3, -0.25) is 9.36 Å². The molecule has 0 aliphatic carbocycles. The highest BCUT2D eigenvalue weighted by Gasteiger charge is 2.24. The van der Waals surface area contributed by atoms with E-state index in [1.54, 1.807) is 10.9 Å². The molecule has 0 saturated heterocycles. The second-order valence-corrected chi connectivity index (χ2v) is 18.8. The van der Waals surface area contributed by atoms with E-state index in [1.165, 1.54) is 173 Å². The molecule has 0 aliphatic heterocycles. The lowest BCUT2D eigenvalue weighted by Gasteiger charge is -2.19. The van der Waals surface area contributed by atoms with E-state index in [4.69, 9.17) is 23.3 Å². The molecule has 2 aromatic heterocycles. The number of nitrogens with zero attached hydrogens (tertiary/aromatic N) is 3. The smallest absolute Gasteiger partial charge is 0.332 e. The van der Waals surface area contributed by atoms with Gasteiger partial charge in [-0.05, 0) is 25.7 Å². The van der Waals surface area contributed by atoms with Crippen molar-refractivity contribution in [3.8, 4) is 0 Å². The average molecular weight is 853 g/mol. The number of ether oxygens (including phenoxy) is 3. The zero-order valence-corrected chi connectivity index (χ0v) is 39.0. The molecule has 0 fully saturated rings. The van der Waals surface area contributed by atoms with Gasteiger partial charge in [-0.25, -0.2) is 9.97 Å². The minimum absolute atomic E-state index is 0.162. The number of imidazole rings is 1. The molecular weight excluding hydrogens is 764 g/mol. The molecule has 12 heteroatoms. The second-order valence-electron chi connectivity index (χ2n) is 16.6. The molecule has 0 aromatic carbocycles. The molecule has 2 rings (SSSR count). The van der Waals surface area contributed by atoms with Gasteiger partial charge in [-0.1, -0.05) is 181 Å². The number of hydrogen-bond acceptors (Lipinski definition) is 9. The summed E-state index contributed by atoms with van der Waals surface area (Å²) in [7, 11) is -3.36. The summed E-state index contributed by atoms with van der Waals surface area (Å²) in [6, 6.07) is 0. The summed E-state index contributed by atoms with van der Waals surface area (Å²) < 4.78 is 44.8. The van der Waals surface area contributed by atoms with Crippen LogP contribution in [0.5, 0.6) is 0 Å². The molecule has 0 unspecified atom stereocenters. The SMILES string of the molecule is CCCCCCCCCCCCCCCCOCCCOP(=O)(CCOCCn1cnc2c(=O)[nH]cnc21)OCCCOCCCCCCCCCCCCCCCC. The van der Waals surface area contributed by atoms with Crippen LogP contribution in [0.3, 0.4) is 0 Å². The zero-order chi connectivity index (χ0) is 42.2. The maximum absolute atomic E-state index is 13.7. The van der Waals surface area contributed by atoms with Gasteiger partial charge in [-0.15, -0.1) is 0 Å². The lowest BCUT2D eigenvalue weighted by Crippen LogP contribution is -2.13. The number of aromatic amines is 1. The van der Waals surface area contributed by atoms with Crippen molar-refractivity contribution in [3.63, 3.8) is 0 Å². The van der Waals surface area contributed by atoms with E-state index in [1.807, 2.05) is 0 Å². The van der Waals surface area contributed by atoms with E-state index < -0.39 is 7.60 Å². The highest BCUT2D eigenvalue weighted by Crippen LogP contribution is 2.48. The van der Waals surface area contributed by atoms with Crippen LogP contribution in [0.2, 0.25) is 0 Å². The Bertz CT molecular complexity index is 1260. The van der Waals surface area contributed by atoms with Crippen LogP contribution < -0.4 is 5.56 Å².